The molecule has 3 aromatic rings. The molecule has 40 heavy (non-hydrogen) atoms. The Morgan fingerprint density at radius 1 is 0.800 bits per heavy atom. The van der Waals surface area contributed by atoms with Gasteiger partial charge in [-0.15, -0.1) is 30.4 Å². The molecule has 0 spiro atoms. The van der Waals surface area contributed by atoms with Crippen LogP contribution in [0.5, 0.6) is 5.75 Å². The number of nitrogens with two attached hydrogens (primary N) is 1. The zero-order valence-electron chi connectivity index (χ0n) is 20.9. The van der Waals surface area contributed by atoms with Gasteiger partial charge in [-0.3, -0.25) is 4.55 Å². The molecule has 0 bridgehead atoms. The molecule has 15 nitrogen and oxygen atoms in total. The van der Waals surface area contributed by atoms with Crippen LogP contribution in [0.4, 0.5) is 28.4 Å². The van der Waals surface area contributed by atoms with Crippen molar-refractivity contribution in [2.75, 3.05) is 12.3 Å². The van der Waals surface area contributed by atoms with E-state index in [0.29, 0.717) is 29.4 Å². The average Bonchev–Trinajstić information content (AvgIpc) is 2.86. The van der Waals surface area contributed by atoms with Gasteiger partial charge in [-0.2, -0.15) is 23.8 Å². The van der Waals surface area contributed by atoms with E-state index >= 15 is 0 Å². The minimum absolute atomic E-state index is 0.0431. The smallest absolute Gasteiger partial charge is 0.425 e. The number of rotatable bonds is 8. The van der Waals surface area contributed by atoms with Crippen LogP contribution >= 0.6 is 0 Å². The van der Waals surface area contributed by atoms with Gasteiger partial charge in [0.15, 0.2) is 0 Å². The SMILES string of the molecule is CCCOc1cc(N=Nc2ccc(N=Nc3ccccc3)cc2S(=O)(=O)O)c(C)cc1N.O=S(=O)=O.O=S(=O)=O. The van der Waals surface area contributed by atoms with Crippen LogP contribution in [0.1, 0.15) is 18.9 Å². The Morgan fingerprint density at radius 2 is 1.35 bits per heavy atom. The number of nitrogens with zero attached hydrogens (tertiary/aromatic N) is 4. The van der Waals surface area contributed by atoms with Crippen molar-refractivity contribution in [3.8, 4) is 5.75 Å². The number of hydrogen-bond donors (Lipinski definition) is 2. The summed E-state index contributed by atoms with van der Waals surface area (Å²) in [5.74, 6) is 0.470. The number of ether oxygens (including phenoxy) is 1. The lowest BCUT2D eigenvalue weighted by molar-refractivity contribution is 0.319. The summed E-state index contributed by atoms with van der Waals surface area (Å²) in [5, 5.41) is 16.2. The predicted molar refractivity (Wildman–Crippen MR) is 142 cm³/mol. The Labute approximate surface area is 232 Å². The van der Waals surface area contributed by atoms with Gasteiger partial charge < -0.3 is 10.5 Å². The third-order valence-corrected chi connectivity index (χ3v) is 5.20. The highest BCUT2D eigenvalue weighted by Crippen LogP contribution is 2.34. The van der Waals surface area contributed by atoms with Gasteiger partial charge in [0, 0.05) is 6.07 Å². The fourth-order valence-corrected chi connectivity index (χ4v) is 3.36. The fourth-order valence-electron chi connectivity index (χ4n) is 2.72. The van der Waals surface area contributed by atoms with Crippen molar-refractivity contribution in [1.29, 1.82) is 0 Å². The molecule has 0 aliphatic carbocycles. The Hall–Kier alpha value is -4.39. The maximum absolute atomic E-state index is 11.9. The number of nitrogen functional groups attached to an aromatic ring is 1. The third-order valence-electron chi connectivity index (χ3n) is 4.31. The first-order valence-electron chi connectivity index (χ1n) is 10.8. The van der Waals surface area contributed by atoms with E-state index in [-0.39, 0.29) is 11.4 Å². The van der Waals surface area contributed by atoms with E-state index in [9.17, 15) is 13.0 Å². The molecule has 0 unspecified atom stereocenters. The molecule has 0 radical (unpaired) electrons. The molecule has 0 saturated carbocycles. The summed E-state index contributed by atoms with van der Waals surface area (Å²) >= 11 is 0. The van der Waals surface area contributed by atoms with Crippen molar-refractivity contribution in [1.82, 2.24) is 0 Å². The summed E-state index contributed by atoms with van der Waals surface area (Å²) in [7, 11) is -10.8. The quantitative estimate of drug-likeness (QED) is 0.204. The number of hydrogen-bond acceptors (Lipinski definition) is 14. The molecule has 0 aromatic heterocycles. The summed E-state index contributed by atoms with van der Waals surface area (Å²) in [6.07, 6.45) is 0.815. The van der Waals surface area contributed by atoms with E-state index < -0.39 is 36.2 Å². The van der Waals surface area contributed by atoms with Crippen LogP contribution in [0.25, 0.3) is 0 Å². The second kappa shape index (κ2) is 16.5. The molecule has 0 aliphatic heterocycles. The van der Waals surface area contributed by atoms with E-state index in [2.05, 4.69) is 20.5 Å². The minimum Gasteiger partial charge on any atom is -0.491 e. The maximum atomic E-state index is 11.9. The van der Waals surface area contributed by atoms with Crippen LogP contribution in [0, 0.1) is 6.92 Å². The summed E-state index contributed by atoms with van der Waals surface area (Å²) in [6, 6.07) is 16.4. The van der Waals surface area contributed by atoms with Crippen molar-refractivity contribution < 1.29 is 43.0 Å². The molecule has 3 aromatic carbocycles. The largest absolute Gasteiger partial charge is 0.491 e. The summed E-state index contributed by atoms with van der Waals surface area (Å²) < 4.78 is 89.8. The lowest BCUT2D eigenvalue weighted by Gasteiger charge is -2.10. The summed E-state index contributed by atoms with van der Waals surface area (Å²) in [4.78, 5) is -0.429. The second-order valence-corrected chi connectivity index (χ2v) is 9.50. The maximum Gasteiger partial charge on any atom is 0.425 e. The van der Waals surface area contributed by atoms with Gasteiger partial charge in [0.1, 0.15) is 16.3 Å². The van der Waals surface area contributed by atoms with Crippen LogP contribution in [0.2, 0.25) is 0 Å². The minimum atomic E-state index is -4.58. The van der Waals surface area contributed by atoms with E-state index in [1.807, 2.05) is 13.0 Å². The molecule has 0 atom stereocenters. The van der Waals surface area contributed by atoms with Gasteiger partial charge in [0.2, 0.25) is 0 Å². The predicted octanol–water partition coefficient (Wildman–Crippen LogP) is 4.44. The van der Waals surface area contributed by atoms with Crippen molar-refractivity contribution in [2.24, 2.45) is 20.5 Å². The highest BCUT2D eigenvalue weighted by molar-refractivity contribution is 7.86. The number of anilines is 1. The van der Waals surface area contributed by atoms with Gasteiger partial charge >= 0.3 is 21.2 Å². The third kappa shape index (κ3) is 12.9. The van der Waals surface area contributed by atoms with Gasteiger partial charge in [-0.05, 0) is 55.3 Å². The first-order valence-corrected chi connectivity index (χ1v) is 14.2. The first-order chi connectivity index (χ1) is 18.7. The Morgan fingerprint density at radius 3 is 1.90 bits per heavy atom. The van der Waals surface area contributed by atoms with Crippen LogP contribution < -0.4 is 10.5 Å². The molecule has 0 amide bonds. The first kappa shape index (κ1) is 33.6. The molecule has 214 valence electrons. The molecular weight excluding hydrogens is 590 g/mol. The van der Waals surface area contributed by atoms with Crippen molar-refractivity contribution in [3.63, 3.8) is 0 Å². The van der Waals surface area contributed by atoms with Crippen LogP contribution in [0.3, 0.4) is 0 Å². The number of aryl methyl sites for hydroxylation is 1. The number of azo groups is 2. The van der Waals surface area contributed by atoms with Gasteiger partial charge in [-0.25, -0.2) is 0 Å². The van der Waals surface area contributed by atoms with E-state index in [1.54, 1.807) is 43.3 Å². The molecule has 3 rings (SSSR count). The van der Waals surface area contributed by atoms with Crippen molar-refractivity contribution >= 4 is 59.8 Å². The van der Waals surface area contributed by atoms with E-state index in [0.717, 1.165) is 12.0 Å². The average molecular weight is 614 g/mol. The molecule has 0 heterocycles. The van der Waals surface area contributed by atoms with E-state index in [4.69, 9.17) is 35.7 Å². The zero-order valence-corrected chi connectivity index (χ0v) is 23.3. The van der Waals surface area contributed by atoms with Gasteiger partial charge in [0.05, 0.1) is 29.4 Å². The Kier molecular flexibility index (Phi) is 13.9. The van der Waals surface area contributed by atoms with Crippen LogP contribution in [0.15, 0.2) is 86.0 Å². The molecule has 0 aliphatic rings. The van der Waals surface area contributed by atoms with Gasteiger partial charge in [0.25, 0.3) is 10.1 Å². The highest BCUT2D eigenvalue weighted by atomic mass is 32.2. The van der Waals surface area contributed by atoms with Crippen molar-refractivity contribution in [3.05, 3.63) is 66.2 Å². The Bertz CT molecular complexity index is 1650. The lowest BCUT2D eigenvalue weighted by Crippen LogP contribution is -1.99. The molecule has 18 heteroatoms. The second-order valence-electron chi connectivity index (χ2n) is 7.30. The number of benzene rings is 3. The normalized spacial score (nSPS) is 10.8. The van der Waals surface area contributed by atoms with Crippen LogP contribution in [-0.2, 0) is 31.3 Å². The summed E-state index contributed by atoms with van der Waals surface area (Å²) in [5.41, 5.74) is 8.44. The van der Waals surface area contributed by atoms with Crippen LogP contribution in [-0.4, -0.2) is 44.8 Å². The molecule has 3 N–H and O–H groups in total. The van der Waals surface area contributed by atoms with E-state index in [1.165, 1.54) is 18.2 Å². The zero-order chi connectivity index (χ0) is 30.3. The van der Waals surface area contributed by atoms with Gasteiger partial charge in [-0.1, -0.05) is 25.1 Å². The lowest BCUT2D eigenvalue weighted by atomic mass is 10.1. The molecule has 0 fully saturated rings. The highest BCUT2D eigenvalue weighted by Gasteiger charge is 2.17. The standard InChI is InChI=1S/C22H23N5O4S.2O3S/c1-3-11-31-21-14-20(15(2)12-18(21)23)27-26-19-10-9-17(13-22(19)32(28,29)30)25-24-16-7-5-4-6-8-16;2*1-4(2)3/h4-10,12-14H,3,11,23H2,1-2H3,(H,28,29,30);;. The molecular formula is C22H23N5O10S3. The molecule has 0 saturated heterocycles. The summed E-state index contributed by atoms with van der Waals surface area (Å²) in [6.45, 7) is 4.27. The monoisotopic (exact) mass is 613 g/mol. The fraction of sp³-hybridized carbons (Fsp3) is 0.182. The Balaban J connectivity index is 0.000000883. The topological polar surface area (TPSA) is 241 Å². The van der Waals surface area contributed by atoms with Crippen molar-refractivity contribution in [2.45, 2.75) is 25.2 Å².